The van der Waals surface area contributed by atoms with Gasteiger partial charge >= 0.3 is 11.7 Å². The topological polar surface area (TPSA) is 114 Å². The Bertz CT molecular complexity index is 1060. The Morgan fingerprint density at radius 2 is 1.88 bits per heavy atom. The molecule has 2 N–H and O–H groups in total. The van der Waals surface area contributed by atoms with Crippen LogP contribution in [0.1, 0.15) is 17.3 Å². The molecule has 0 aliphatic rings. The van der Waals surface area contributed by atoms with Gasteiger partial charge in [0.2, 0.25) is 0 Å². The monoisotopic (exact) mass is 353 g/mol. The molecule has 8 nitrogen and oxygen atoms in total. The average molecular weight is 353 g/mol. The Balaban J connectivity index is 2.16. The number of ether oxygens (including phenoxy) is 1. The van der Waals surface area contributed by atoms with E-state index in [9.17, 15) is 19.7 Å². The van der Waals surface area contributed by atoms with Crippen molar-refractivity contribution in [3.05, 3.63) is 74.4 Å². The summed E-state index contributed by atoms with van der Waals surface area (Å²) in [4.78, 5) is 38.2. The summed E-state index contributed by atoms with van der Waals surface area (Å²) in [5, 5.41) is 14.5. The molecule has 0 bridgehead atoms. The van der Waals surface area contributed by atoms with Gasteiger partial charge in [0.25, 0.3) is 5.43 Å². The second-order valence-electron chi connectivity index (χ2n) is 5.37. The first-order chi connectivity index (χ1) is 12.5. The zero-order valence-corrected chi connectivity index (χ0v) is 13.8. The van der Waals surface area contributed by atoms with Gasteiger partial charge < -0.3 is 15.0 Å². The number of hydrogen-bond acceptors (Lipinski definition) is 6. The molecule has 26 heavy (non-hydrogen) atoms. The van der Waals surface area contributed by atoms with Crippen LogP contribution in [-0.4, -0.2) is 22.5 Å². The molecule has 1 heterocycles. The van der Waals surface area contributed by atoms with E-state index in [0.717, 1.165) is 0 Å². The van der Waals surface area contributed by atoms with E-state index in [0.29, 0.717) is 11.2 Å². The number of rotatable bonds is 5. The number of pyridine rings is 1. The highest BCUT2D eigenvalue weighted by molar-refractivity contribution is 5.97. The predicted octanol–water partition coefficient (Wildman–Crippen LogP) is 3.36. The molecule has 0 aliphatic heterocycles. The highest BCUT2D eigenvalue weighted by atomic mass is 16.6. The van der Waals surface area contributed by atoms with E-state index in [4.69, 9.17) is 4.74 Å². The molecule has 0 fully saturated rings. The first-order valence-electron chi connectivity index (χ1n) is 7.85. The van der Waals surface area contributed by atoms with Gasteiger partial charge in [-0.15, -0.1) is 0 Å². The van der Waals surface area contributed by atoms with E-state index < -0.39 is 22.0 Å². The zero-order chi connectivity index (χ0) is 18.7. The van der Waals surface area contributed by atoms with Crippen LogP contribution in [-0.2, 0) is 4.74 Å². The SMILES string of the molecule is CCOC(=O)c1ccccc1Nc1[nH]c2ccccc2c(=O)c1[N+](=O)[O-]. The van der Waals surface area contributed by atoms with Crippen molar-refractivity contribution in [1.29, 1.82) is 0 Å². The molecule has 1 aromatic heterocycles. The third kappa shape index (κ3) is 3.12. The molecule has 0 radical (unpaired) electrons. The summed E-state index contributed by atoms with van der Waals surface area (Å²) >= 11 is 0. The molecule has 0 unspecified atom stereocenters. The van der Waals surface area contributed by atoms with E-state index in [1.54, 1.807) is 43.3 Å². The third-order valence-corrected chi connectivity index (χ3v) is 3.75. The maximum absolute atomic E-state index is 12.5. The van der Waals surface area contributed by atoms with Gasteiger partial charge in [0, 0.05) is 0 Å². The van der Waals surface area contributed by atoms with E-state index in [1.807, 2.05) is 0 Å². The molecule has 0 amide bonds. The number of nitro groups is 1. The van der Waals surface area contributed by atoms with E-state index in [2.05, 4.69) is 10.3 Å². The number of esters is 1. The summed E-state index contributed by atoms with van der Waals surface area (Å²) in [6.45, 7) is 1.87. The fraction of sp³-hybridized carbons (Fsp3) is 0.111. The Kier molecular flexibility index (Phi) is 4.66. The number of para-hydroxylation sites is 2. The van der Waals surface area contributed by atoms with Crippen LogP contribution in [0.15, 0.2) is 53.3 Å². The second kappa shape index (κ2) is 7.06. The highest BCUT2D eigenvalue weighted by Crippen LogP contribution is 2.27. The lowest BCUT2D eigenvalue weighted by atomic mass is 10.1. The van der Waals surface area contributed by atoms with Gasteiger partial charge in [-0.2, -0.15) is 0 Å². The molecule has 2 aromatic carbocycles. The number of carbonyl (C=O) groups excluding carboxylic acids is 1. The van der Waals surface area contributed by atoms with Crippen molar-refractivity contribution >= 4 is 34.1 Å². The van der Waals surface area contributed by atoms with Crippen LogP contribution in [0.5, 0.6) is 0 Å². The maximum Gasteiger partial charge on any atom is 0.357 e. The molecule has 0 saturated heterocycles. The van der Waals surface area contributed by atoms with Crippen molar-refractivity contribution in [2.75, 3.05) is 11.9 Å². The van der Waals surface area contributed by atoms with Crippen LogP contribution in [0.2, 0.25) is 0 Å². The normalized spacial score (nSPS) is 10.5. The molecule has 132 valence electrons. The first kappa shape index (κ1) is 17.2. The second-order valence-corrected chi connectivity index (χ2v) is 5.37. The fourth-order valence-corrected chi connectivity index (χ4v) is 2.60. The van der Waals surface area contributed by atoms with Gasteiger partial charge in [-0.25, -0.2) is 4.79 Å². The quantitative estimate of drug-likeness (QED) is 0.413. The summed E-state index contributed by atoms with van der Waals surface area (Å²) in [5.74, 6) is -0.670. The standard InChI is InChI=1S/C18H15N3O5/c1-2-26-18(23)12-8-4-6-10-14(12)20-17-15(21(24)25)16(22)11-7-3-5-9-13(11)19-17/h3-10H,2H2,1H3,(H2,19,20,22). The van der Waals surface area contributed by atoms with Crippen molar-refractivity contribution in [3.63, 3.8) is 0 Å². The number of nitrogens with zero attached hydrogens (tertiary/aromatic N) is 1. The lowest BCUT2D eigenvalue weighted by Gasteiger charge is -2.12. The molecule has 3 rings (SSSR count). The lowest BCUT2D eigenvalue weighted by molar-refractivity contribution is -0.385. The summed E-state index contributed by atoms with van der Waals surface area (Å²) in [5.41, 5.74) is -0.389. The van der Waals surface area contributed by atoms with Crippen LogP contribution < -0.4 is 10.7 Å². The van der Waals surface area contributed by atoms with Gasteiger partial charge in [-0.1, -0.05) is 24.3 Å². The molecule has 0 spiro atoms. The van der Waals surface area contributed by atoms with Crippen LogP contribution >= 0.6 is 0 Å². The van der Waals surface area contributed by atoms with E-state index in [-0.39, 0.29) is 23.4 Å². The first-order valence-corrected chi connectivity index (χ1v) is 7.85. The highest BCUT2D eigenvalue weighted by Gasteiger charge is 2.23. The number of benzene rings is 2. The number of nitrogens with one attached hydrogen (secondary N) is 2. The van der Waals surface area contributed by atoms with E-state index in [1.165, 1.54) is 12.1 Å². The van der Waals surface area contributed by atoms with Gasteiger partial charge in [0.05, 0.1) is 33.7 Å². The van der Waals surface area contributed by atoms with Crippen molar-refractivity contribution in [1.82, 2.24) is 4.98 Å². The Labute approximate surface area is 147 Å². The minimum absolute atomic E-state index is 0.101. The maximum atomic E-state index is 12.5. The van der Waals surface area contributed by atoms with E-state index >= 15 is 0 Å². The van der Waals surface area contributed by atoms with Gasteiger partial charge in [0.1, 0.15) is 0 Å². The molecular formula is C18H15N3O5. The number of aromatic amines is 1. The number of carbonyl (C=O) groups is 1. The summed E-state index contributed by atoms with van der Waals surface area (Å²) in [7, 11) is 0. The number of H-pyrrole nitrogens is 1. The third-order valence-electron chi connectivity index (χ3n) is 3.75. The Morgan fingerprint density at radius 1 is 1.19 bits per heavy atom. The van der Waals surface area contributed by atoms with Crippen LogP contribution in [0.25, 0.3) is 10.9 Å². The van der Waals surface area contributed by atoms with Crippen molar-refractivity contribution in [3.8, 4) is 0 Å². The van der Waals surface area contributed by atoms with Crippen molar-refractivity contribution in [2.45, 2.75) is 6.92 Å². The number of aromatic nitrogens is 1. The van der Waals surface area contributed by atoms with Gasteiger partial charge in [-0.3, -0.25) is 14.9 Å². The Morgan fingerprint density at radius 3 is 2.62 bits per heavy atom. The van der Waals surface area contributed by atoms with Crippen LogP contribution in [0.3, 0.4) is 0 Å². The van der Waals surface area contributed by atoms with Crippen molar-refractivity contribution < 1.29 is 14.5 Å². The summed E-state index contributed by atoms with van der Waals surface area (Å²) in [6, 6.07) is 12.9. The average Bonchev–Trinajstić information content (AvgIpc) is 2.62. The van der Waals surface area contributed by atoms with Gasteiger partial charge in [0.15, 0.2) is 5.82 Å². The van der Waals surface area contributed by atoms with Gasteiger partial charge in [-0.05, 0) is 31.2 Å². The summed E-state index contributed by atoms with van der Waals surface area (Å²) < 4.78 is 4.99. The molecule has 0 aliphatic carbocycles. The molecule has 0 saturated carbocycles. The number of fused-ring (bicyclic) bond motifs is 1. The smallest absolute Gasteiger partial charge is 0.357 e. The minimum atomic E-state index is -0.749. The zero-order valence-electron chi connectivity index (χ0n) is 13.8. The lowest BCUT2D eigenvalue weighted by Crippen LogP contribution is -2.14. The summed E-state index contributed by atoms with van der Waals surface area (Å²) in [6.07, 6.45) is 0. The molecule has 3 aromatic rings. The van der Waals surface area contributed by atoms with Crippen LogP contribution in [0.4, 0.5) is 17.2 Å². The van der Waals surface area contributed by atoms with Crippen LogP contribution in [0, 0.1) is 10.1 Å². The number of anilines is 2. The number of hydrogen-bond donors (Lipinski definition) is 2. The minimum Gasteiger partial charge on any atom is -0.462 e. The molecule has 0 atom stereocenters. The largest absolute Gasteiger partial charge is 0.462 e. The molecule has 8 heteroatoms. The Hall–Kier alpha value is -3.68. The van der Waals surface area contributed by atoms with Crippen molar-refractivity contribution in [2.24, 2.45) is 0 Å². The predicted molar refractivity (Wildman–Crippen MR) is 96.9 cm³/mol. The molecular weight excluding hydrogens is 338 g/mol. The fourth-order valence-electron chi connectivity index (χ4n) is 2.60.